The van der Waals surface area contributed by atoms with Gasteiger partial charge in [-0.1, -0.05) is 11.6 Å². The number of H-pyrrole nitrogens is 1. The number of aromatic nitrogens is 3. The Morgan fingerprint density at radius 1 is 1.53 bits per heavy atom. The Morgan fingerprint density at radius 2 is 2.29 bits per heavy atom. The van der Waals surface area contributed by atoms with Crippen LogP contribution in [-0.2, 0) is 0 Å². The van der Waals surface area contributed by atoms with E-state index in [9.17, 15) is 9.18 Å². The lowest BCUT2D eigenvalue weighted by atomic mass is 10.2. The van der Waals surface area contributed by atoms with Gasteiger partial charge in [0.25, 0.3) is 11.9 Å². The summed E-state index contributed by atoms with van der Waals surface area (Å²) in [7, 11) is 0. The van der Waals surface area contributed by atoms with Crippen molar-refractivity contribution in [2.75, 3.05) is 11.1 Å². The number of nitrogen functional groups attached to an aromatic ring is 1. The van der Waals surface area contributed by atoms with Crippen LogP contribution in [-0.4, -0.2) is 21.1 Å². The lowest BCUT2D eigenvalue weighted by molar-refractivity contribution is 0.102. The molecule has 1 aromatic carbocycles. The van der Waals surface area contributed by atoms with Crippen LogP contribution in [0.25, 0.3) is 0 Å². The maximum atomic E-state index is 13.4. The highest BCUT2D eigenvalue weighted by molar-refractivity contribution is 6.30. The fourth-order valence-corrected chi connectivity index (χ4v) is 1.33. The molecule has 2 rings (SSSR count). The van der Waals surface area contributed by atoms with Crippen LogP contribution in [0.3, 0.4) is 0 Å². The van der Waals surface area contributed by atoms with Gasteiger partial charge in [-0.2, -0.15) is 4.98 Å². The van der Waals surface area contributed by atoms with Crippen molar-refractivity contribution in [2.24, 2.45) is 0 Å². The Bertz CT molecular complexity index is 570. The molecule has 8 heteroatoms. The summed E-state index contributed by atoms with van der Waals surface area (Å²) >= 11 is 5.57. The van der Waals surface area contributed by atoms with E-state index in [1.165, 1.54) is 12.1 Å². The van der Waals surface area contributed by atoms with Crippen LogP contribution < -0.4 is 11.1 Å². The van der Waals surface area contributed by atoms with E-state index in [-0.39, 0.29) is 22.5 Å². The van der Waals surface area contributed by atoms with Gasteiger partial charge in [0.1, 0.15) is 5.82 Å². The number of hydrogen-bond donors (Lipinski definition) is 3. The second kappa shape index (κ2) is 4.38. The smallest absolute Gasteiger partial charge is 0.261 e. The standard InChI is InChI=1S/C9H7ClFN5O/c10-4-1-2-5(6(11)3-4)7(17)13-9-14-8(12)15-16-9/h1-3H,(H4,12,13,14,15,16,17). The number of carbonyl (C=O) groups excluding carboxylic acids is 1. The van der Waals surface area contributed by atoms with Gasteiger partial charge in [-0.05, 0) is 18.2 Å². The summed E-state index contributed by atoms with van der Waals surface area (Å²) < 4.78 is 13.4. The minimum absolute atomic E-state index is 0.0261. The molecule has 0 aliphatic heterocycles. The van der Waals surface area contributed by atoms with Crippen LogP contribution >= 0.6 is 11.6 Å². The number of halogens is 2. The topological polar surface area (TPSA) is 96.7 Å². The number of aromatic amines is 1. The Morgan fingerprint density at radius 3 is 2.88 bits per heavy atom. The van der Waals surface area contributed by atoms with Crippen LogP contribution in [0, 0.1) is 5.82 Å². The average Bonchev–Trinajstić information content (AvgIpc) is 2.63. The predicted octanol–water partition coefficient (Wildman–Crippen LogP) is 1.43. The highest BCUT2D eigenvalue weighted by Gasteiger charge is 2.13. The first-order valence-electron chi connectivity index (χ1n) is 4.50. The Balaban J connectivity index is 2.20. The summed E-state index contributed by atoms with van der Waals surface area (Å²) in [5, 5.41) is 8.42. The molecule has 0 aliphatic carbocycles. The first kappa shape index (κ1) is 11.3. The highest BCUT2D eigenvalue weighted by Crippen LogP contribution is 2.15. The van der Waals surface area contributed by atoms with Gasteiger partial charge >= 0.3 is 0 Å². The van der Waals surface area contributed by atoms with Crippen molar-refractivity contribution in [3.8, 4) is 0 Å². The van der Waals surface area contributed by atoms with Crippen molar-refractivity contribution in [1.82, 2.24) is 15.2 Å². The summed E-state index contributed by atoms with van der Waals surface area (Å²) in [6.45, 7) is 0. The molecule has 0 radical (unpaired) electrons. The number of anilines is 2. The molecule has 0 unspecified atom stereocenters. The predicted molar refractivity (Wildman–Crippen MR) is 60.2 cm³/mol. The molecule has 1 amide bonds. The molecule has 4 N–H and O–H groups in total. The van der Waals surface area contributed by atoms with Crippen molar-refractivity contribution in [1.29, 1.82) is 0 Å². The maximum Gasteiger partial charge on any atom is 0.261 e. The van der Waals surface area contributed by atoms with Crippen molar-refractivity contribution in [3.05, 3.63) is 34.6 Å². The second-order valence-corrected chi connectivity index (χ2v) is 3.56. The van der Waals surface area contributed by atoms with Gasteiger partial charge in [0, 0.05) is 5.02 Å². The third-order valence-corrected chi connectivity index (χ3v) is 2.14. The normalized spacial score (nSPS) is 10.2. The Labute approximate surface area is 100.0 Å². The third-order valence-electron chi connectivity index (χ3n) is 1.90. The van der Waals surface area contributed by atoms with Crippen LogP contribution in [0.15, 0.2) is 18.2 Å². The molecular formula is C9H7ClFN5O. The molecule has 0 bridgehead atoms. The Hall–Kier alpha value is -2.15. The van der Waals surface area contributed by atoms with E-state index in [0.717, 1.165) is 6.07 Å². The van der Waals surface area contributed by atoms with E-state index < -0.39 is 11.7 Å². The summed E-state index contributed by atoms with van der Waals surface area (Å²) in [6.07, 6.45) is 0. The zero-order valence-electron chi connectivity index (χ0n) is 8.37. The second-order valence-electron chi connectivity index (χ2n) is 3.12. The lowest BCUT2D eigenvalue weighted by Gasteiger charge is -2.02. The van der Waals surface area contributed by atoms with Gasteiger partial charge in [-0.25, -0.2) is 9.49 Å². The lowest BCUT2D eigenvalue weighted by Crippen LogP contribution is -2.14. The van der Waals surface area contributed by atoms with E-state index in [0.29, 0.717) is 0 Å². The molecule has 1 heterocycles. The third kappa shape index (κ3) is 2.51. The molecule has 0 saturated carbocycles. The molecule has 88 valence electrons. The number of carbonyl (C=O) groups is 1. The maximum absolute atomic E-state index is 13.4. The molecule has 0 aliphatic rings. The molecule has 0 spiro atoms. The van der Waals surface area contributed by atoms with Crippen molar-refractivity contribution in [3.63, 3.8) is 0 Å². The van der Waals surface area contributed by atoms with Gasteiger partial charge in [-0.15, -0.1) is 5.10 Å². The zero-order chi connectivity index (χ0) is 12.4. The zero-order valence-corrected chi connectivity index (χ0v) is 9.12. The first-order chi connectivity index (χ1) is 8.06. The SMILES string of the molecule is Nc1nc(NC(=O)c2ccc(Cl)cc2F)n[nH]1. The van der Waals surface area contributed by atoms with Crippen LogP contribution in [0.4, 0.5) is 16.3 Å². The quantitative estimate of drug-likeness (QED) is 0.756. The van der Waals surface area contributed by atoms with E-state index in [1.807, 2.05) is 0 Å². The minimum Gasteiger partial charge on any atom is -0.368 e. The molecule has 17 heavy (non-hydrogen) atoms. The monoisotopic (exact) mass is 255 g/mol. The highest BCUT2D eigenvalue weighted by atomic mass is 35.5. The number of nitrogens with one attached hydrogen (secondary N) is 2. The van der Waals surface area contributed by atoms with Gasteiger partial charge < -0.3 is 5.73 Å². The summed E-state index contributed by atoms with van der Waals surface area (Å²) in [6, 6.07) is 3.72. The van der Waals surface area contributed by atoms with Crippen molar-refractivity contribution >= 4 is 29.4 Å². The number of hydrogen-bond acceptors (Lipinski definition) is 4. The molecule has 0 fully saturated rings. The summed E-state index contributed by atoms with van der Waals surface area (Å²) in [5.41, 5.74) is 5.12. The molecule has 1 aromatic heterocycles. The minimum atomic E-state index is -0.724. The number of nitrogens with zero attached hydrogens (tertiary/aromatic N) is 2. The van der Waals surface area contributed by atoms with Crippen LogP contribution in [0.2, 0.25) is 5.02 Å². The van der Waals surface area contributed by atoms with Gasteiger partial charge in [0.05, 0.1) is 5.56 Å². The number of amides is 1. The molecule has 0 atom stereocenters. The number of nitrogens with two attached hydrogens (primary N) is 1. The number of rotatable bonds is 2. The summed E-state index contributed by atoms with van der Waals surface area (Å²) in [5.74, 6) is -1.38. The van der Waals surface area contributed by atoms with E-state index in [4.69, 9.17) is 17.3 Å². The van der Waals surface area contributed by atoms with Crippen LogP contribution in [0.5, 0.6) is 0 Å². The number of benzene rings is 1. The average molecular weight is 256 g/mol. The van der Waals surface area contributed by atoms with Gasteiger partial charge in [0.2, 0.25) is 5.95 Å². The Kier molecular flexibility index (Phi) is 2.92. The van der Waals surface area contributed by atoms with E-state index >= 15 is 0 Å². The van der Waals surface area contributed by atoms with Gasteiger partial charge in [-0.3, -0.25) is 10.1 Å². The van der Waals surface area contributed by atoms with Crippen molar-refractivity contribution in [2.45, 2.75) is 0 Å². The molecule has 0 saturated heterocycles. The van der Waals surface area contributed by atoms with Gasteiger partial charge in [0.15, 0.2) is 0 Å². The van der Waals surface area contributed by atoms with Crippen LogP contribution in [0.1, 0.15) is 10.4 Å². The fraction of sp³-hybridized carbons (Fsp3) is 0. The van der Waals surface area contributed by atoms with E-state index in [1.54, 1.807) is 0 Å². The fourth-order valence-electron chi connectivity index (χ4n) is 1.17. The van der Waals surface area contributed by atoms with Crippen molar-refractivity contribution < 1.29 is 9.18 Å². The largest absolute Gasteiger partial charge is 0.368 e. The first-order valence-corrected chi connectivity index (χ1v) is 4.88. The molecule has 2 aromatic rings. The molecular weight excluding hydrogens is 249 g/mol. The summed E-state index contributed by atoms with van der Waals surface area (Å²) in [4.78, 5) is 15.3. The molecule has 6 nitrogen and oxygen atoms in total. The van der Waals surface area contributed by atoms with E-state index in [2.05, 4.69) is 20.5 Å².